The maximum Gasteiger partial charge on any atom is 0.248 e. The van der Waals surface area contributed by atoms with E-state index in [-0.39, 0.29) is 30.8 Å². The van der Waals surface area contributed by atoms with Gasteiger partial charge in [0.15, 0.2) is 0 Å². The highest BCUT2D eigenvalue weighted by Crippen LogP contribution is 2.28. The molecule has 0 unspecified atom stereocenters. The summed E-state index contributed by atoms with van der Waals surface area (Å²) < 4.78 is 4.98. The van der Waals surface area contributed by atoms with Gasteiger partial charge < -0.3 is 29.3 Å². The molecule has 0 saturated carbocycles. The molecule has 2 aliphatic heterocycles. The fraction of sp³-hybridized carbons (Fsp3) is 0.667. The number of hydrogen-bond acceptors (Lipinski definition) is 6. The molecule has 0 spiro atoms. The number of hydrogen-bond donors (Lipinski definition) is 1. The molecule has 8 heteroatoms. The van der Waals surface area contributed by atoms with Crippen LogP contribution in [-0.4, -0.2) is 81.3 Å². The van der Waals surface area contributed by atoms with Gasteiger partial charge >= 0.3 is 0 Å². The minimum Gasteiger partial charge on any atom is -0.550 e. The van der Waals surface area contributed by atoms with Gasteiger partial charge in [0.05, 0.1) is 32.7 Å². The second-order valence-electron chi connectivity index (χ2n) is 8.12. The number of aromatic nitrogens is 1. The Kier molecular flexibility index (Phi) is 7.83. The van der Waals surface area contributed by atoms with Crippen molar-refractivity contribution >= 4 is 17.7 Å². The highest BCUT2D eigenvalue weighted by molar-refractivity contribution is 5.77. The van der Waals surface area contributed by atoms with Crippen LogP contribution in [-0.2, 0) is 14.3 Å². The molecule has 160 valence electrons. The van der Waals surface area contributed by atoms with E-state index in [1.807, 2.05) is 29.3 Å². The molecule has 0 aliphatic carbocycles. The molecule has 3 heterocycles. The number of aliphatic carboxylic acids is 1. The summed E-state index contributed by atoms with van der Waals surface area (Å²) in [6, 6.07) is 5.99. The zero-order valence-corrected chi connectivity index (χ0v) is 17.2. The highest BCUT2D eigenvalue weighted by Gasteiger charge is 2.32. The van der Waals surface area contributed by atoms with Crippen LogP contribution in [0.15, 0.2) is 24.4 Å². The summed E-state index contributed by atoms with van der Waals surface area (Å²) in [7, 11) is 1.52. The van der Waals surface area contributed by atoms with Crippen molar-refractivity contribution in [2.75, 3.05) is 64.4 Å². The molecule has 0 aromatic carbocycles. The predicted octanol–water partition coefficient (Wildman–Crippen LogP) is -1.57. The maximum atomic E-state index is 12.2. The van der Waals surface area contributed by atoms with E-state index in [2.05, 4.69) is 9.88 Å². The molecule has 1 N–H and O–H groups in total. The lowest BCUT2D eigenvalue weighted by atomic mass is 9.81. The van der Waals surface area contributed by atoms with Crippen LogP contribution in [0, 0.1) is 11.8 Å². The molecule has 29 heavy (non-hydrogen) atoms. The van der Waals surface area contributed by atoms with Gasteiger partial charge in [-0.25, -0.2) is 4.98 Å². The Hall–Kier alpha value is -2.19. The fourth-order valence-corrected chi connectivity index (χ4v) is 4.56. The molecular weight excluding hydrogens is 372 g/mol. The smallest absolute Gasteiger partial charge is 0.248 e. The van der Waals surface area contributed by atoms with Gasteiger partial charge in [0.2, 0.25) is 5.91 Å². The van der Waals surface area contributed by atoms with Gasteiger partial charge in [0.1, 0.15) is 12.4 Å². The van der Waals surface area contributed by atoms with Gasteiger partial charge in [-0.15, -0.1) is 0 Å². The molecular formula is C21H32N4O4. The van der Waals surface area contributed by atoms with Crippen LogP contribution >= 0.6 is 0 Å². The lowest BCUT2D eigenvalue weighted by Gasteiger charge is -2.40. The van der Waals surface area contributed by atoms with E-state index in [4.69, 9.17) is 4.74 Å². The van der Waals surface area contributed by atoms with Gasteiger partial charge in [0.25, 0.3) is 0 Å². The van der Waals surface area contributed by atoms with Crippen LogP contribution in [0.4, 0.5) is 5.82 Å². The zero-order chi connectivity index (χ0) is 20.6. The average Bonchev–Trinajstić information content (AvgIpc) is 2.74. The van der Waals surface area contributed by atoms with Crippen LogP contribution in [0.1, 0.15) is 19.3 Å². The summed E-state index contributed by atoms with van der Waals surface area (Å²) >= 11 is 0. The van der Waals surface area contributed by atoms with Gasteiger partial charge in [0, 0.05) is 38.8 Å². The highest BCUT2D eigenvalue weighted by atomic mass is 16.5. The second kappa shape index (κ2) is 10.5. The Morgan fingerprint density at radius 3 is 2.69 bits per heavy atom. The monoisotopic (exact) mass is 404 g/mol. The molecule has 2 atom stereocenters. The number of carbonyl (C=O) groups is 2. The topological polar surface area (TPSA) is 90.2 Å². The maximum absolute atomic E-state index is 12.2. The van der Waals surface area contributed by atoms with Crippen molar-refractivity contribution in [2.24, 2.45) is 11.8 Å². The number of piperidine rings is 1. The Labute approximate surface area is 172 Å². The third kappa shape index (κ3) is 6.14. The van der Waals surface area contributed by atoms with Crippen molar-refractivity contribution in [1.82, 2.24) is 9.88 Å². The molecule has 3 rings (SSSR count). The zero-order valence-electron chi connectivity index (χ0n) is 17.2. The number of pyridine rings is 1. The van der Waals surface area contributed by atoms with E-state index >= 15 is 0 Å². The number of amides is 1. The summed E-state index contributed by atoms with van der Waals surface area (Å²) in [4.78, 5) is 33.5. The molecule has 0 radical (unpaired) electrons. The number of carbonyl (C=O) groups excluding carboxylic acids is 2. The van der Waals surface area contributed by atoms with Crippen molar-refractivity contribution in [3.63, 3.8) is 0 Å². The predicted molar refractivity (Wildman–Crippen MR) is 106 cm³/mol. The van der Waals surface area contributed by atoms with E-state index in [9.17, 15) is 14.7 Å². The van der Waals surface area contributed by atoms with Crippen molar-refractivity contribution in [2.45, 2.75) is 19.3 Å². The lowest BCUT2D eigenvalue weighted by Crippen LogP contribution is -3.15. The Morgan fingerprint density at radius 1 is 1.24 bits per heavy atom. The van der Waals surface area contributed by atoms with Crippen LogP contribution in [0.25, 0.3) is 0 Å². The fourth-order valence-electron chi connectivity index (χ4n) is 4.56. The number of nitrogens with zero attached hydrogens (tertiary/aromatic N) is 3. The average molecular weight is 405 g/mol. The number of carboxylic acid groups (broad SMARTS) is 1. The molecule has 1 amide bonds. The number of anilines is 1. The Bertz CT molecular complexity index is 664. The molecule has 2 fully saturated rings. The Balaban J connectivity index is 1.50. The summed E-state index contributed by atoms with van der Waals surface area (Å²) in [6.07, 6.45) is 3.55. The number of nitrogens with one attached hydrogen (secondary N) is 1. The number of quaternary nitrogens is 1. The first-order chi connectivity index (χ1) is 14.1. The minimum atomic E-state index is -0.993. The first-order valence-electron chi connectivity index (χ1n) is 10.5. The van der Waals surface area contributed by atoms with Crippen molar-refractivity contribution in [3.8, 4) is 0 Å². The van der Waals surface area contributed by atoms with Crippen LogP contribution < -0.4 is 14.9 Å². The molecule has 1 aromatic heterocycles. The van der Waals surface area contributed by atoms with E-state index in [1.165, 1.54) is 12.0 Å². The number of piperazine rings is 1. The first-order valence-corrected chi connectivity index (χ1v) is 10.5. The van der Waals surface area contributed by atoms with Crippen molar-refractivity contribution in [1.29, 1.82) is 0 Å². The molecule has 2 saturated heterocycles. The standard InChI is InChI=1S/C21H32N4O4/c1-29-16-20(26)25-9-6-17(14-21(27)28)18(15-25)5-8-23-10-12-24(13-11-23)19-4-2-3-7-22-19/h2-4,7,17-18H,5-6,8-16H2,1H3,(H,27,28)/t17-,18-/m0/s1. The normalized spacial score (nSPS) is 23.2. The SMILES string of the molecule is COCC(=O)N1CC[C@@H](CC(=O)[O-])[C@@H](CC[NH+]2CCN(c3ccccn3)CC2)C1. The summed E-state index contributed by atoms with van der Waals surface area (Å²) in [6.45, 7) is 6.33. The van der Waals surface area contributed by atoms with Gasteiger partial charge in [-0.05, 0) is 36.8 Å². The minimum absolute atomic E-state index is 0.0132. The third-order valence-corrected chi connectivity index (χ3v) is 6.25. The summed E-state index contributed by atoms with van der Waals surface area (Å²) in [5.41, 5.74) is 0. The molecule has 8 nitrogen and oxygen atoms in total. The molecule has 1 aromatic rings. The number of likely N-dealkylation sites (tertiary alicyclic amines) is 1. The third-order valence-electron chi connectivity index (χ3n) is 6.25. The van der Waals surface area contributed by atoms with Gasteiger partial charge in [-0.2, -0.15) is 0 Å². The van der Waals surface area contributed by atoms with E-state index in [1.54, 1.807) is 0 Å². The first kappa shape index (κ1) is 21.5. The van der Waals surface area contributed by atoms with E-state index in [0.29, 0.717) is 13.1 Å². The van der Waals surface area contributed by atoms with Gasteiger partial charge in [-0.3, -0.25) is 4.79 Å². The second-order valence-corrected chi connectivity index (χ2v) is 8.12. The van der Waals surface area contributed by atoms with Crippen LogP contribution in [0.5, 0.6) is 0 Å². The van der Waals surface area contributed by atoms with E-state index < -0.39 is 5.97 Å². The van der Waals surface area contributed by atoms with Gasteiger partial charge in [-0.1, -0.05) is 6.07 Å². The van der Waals surface area contributed by atoms with Crippen molar-refractivity contribution < 1.29 is 24.3 Å². The largest absolute Gasteiger partial charge is 0.550 e. The van der Waals surface area contributed by atoms with E-state index in [0.717, 1.165) is 51.4 Å². The lowest BCUT2D eigenvalue weighted by molar-refractivity contribution is -0.901. The van der Waals surface area contributed by atoms with Crippen molar-refractivity contribution in [3.05, 3.63) is 24.4 Å². The Morgan fingerprint density at radius 2 is 2.03 bits per heavy atom. The van der Waals surface area contributed by atoms with Crippen LogP contribution in [0.2, 0.25) is 0 Å². The summed E-state index contributed by atoms with van der Waals surface area (Å²) in [5.74, 6) is 0.304. The molecule has 2 aliphatic rings. The number of rotatable bonds is 8. The number of carboxylic acids is 1. The number of ether oxygens (including phenoxy) is 1. The molecule has 0 bridgehead atoms. The number of methoxy groups -OCH3 is 1. The quantitative estimate of drug-likeness (QED) is 0.563. The van der Waals surface area contributed by atoms with Crippen LogP contribution in [0.3, 0.4) is 0 Å². The summed E-state index contributed by atoms with van der Waals surface area (Å²) in [5, 5.41) is 11.2.